The number of rotatable bonds is 10. The van der Waals surface area contributed by atoms with Crippen molar-refractivity contribution in [3.63, 3.8) is 0 Å². The van der Waals surface area contributed by atoms with Crippen molar-refractivity contribution in [2.45, 2.75) is 63.3 Å². The van der Waals surface area contributed by atoms with Crippen LogP contribution in [-0.4, -0.2) is 106 Å². The van der Waals surface area contributed by atoms with E-state index in [-0.39, 0.29) is 41.0 Å². The first-order valence-corrected chi connectivity index (χ1v) is 25.0. The summed E-state index contributed by atoms with van der Waals surface area (Å²) in [6, 6.07) is 19.5. The summed E-state index contributed by atoms with van der Waals surface area (Å²) in [7, 11) is -4.66. The summed E-state index contributed by atoms with van der Waals surface area (Å²) in [6.07, 6.45) is 7.14. The first kappa shape index (κ1) is 44.9. The van der Waals surface area contributed by atoms with Crippen molar-refractivity contribution in [2.24, 2.45) is 11.3 Å². The van der Waals surface area contributed by atoms with Gasteiger partial charge in [-0.15, -0.1) is 0 Å². The van der Waals surface area contributed by atoms with E-state index in [4.69, 9.17) is 30.8 Å². The van der Waals surface area contributed by atoms with E-state index < -0.39 is 31.4 Å². The number of fused-ring (bicyclic) bond motifs is 3. The molecule has 0 saturated carbocycles. The van der Waals surface area contributed by atoms with Crippen molar-refractivity contribution in [1.82, 2.24) is 19.6 Å². The molecule has 5 aromatic rings. The van der Waals surface area contributed by atoms with Gasteiger partial charge in [-0.1, -0.05) is 43.2 Å². The number of aromatic nitrogens is 2. The first-order valence-electron chi connectivity index (χ1n) is 23.1. The number of halogens is 1. The summed E-state index contributed by atoms with van der Waals surface area (Å²) in [4.78, 5) is 40.5. The van der Waals surface area contributed by atoms with E-state index in [9.17, 15) is 23.3 Å². The number of hydrogen-bond acceptors (Lipinski definition) is 13. The van der Waals surface area contributed by atoms with Crippen LogP contribution in [0.15, 0.2) is 83.4 Å². The Labute approximate surface area is 394 Å². The number of nitrogens with one attached hydrogen (secondary N) is 3. The number of hydrogen-bond donors (Lipinski definition) is 3. The van der Waals surface area contributed by atoms with Gasteiger partial charge in [-0.25, -0.2) is 13.1 Å². The minimum atomic E-state index is -4.66. The third kappa shape index (κ3) is 9.38. The molecule has 1 amide bonds. The average Bonchev–Trinajstić information content (AvgIpc) is 3.69. The Morgan fingerprint density at radius 3 is 2.54 bits per heavy atom. The third-order valence-corrected chi connectivity index (χ3v) is 15.5. The topological polar surface area (TPSA) is 184 Å². The third-order valence-electron chi connectivity index (χ3n) is 14.0. The van der Waals surface area contributed by atoms with Gasteiger partial charge in [0, 0.05) is 86.9 Å². The van der Waals surface area contributed by atoms with Crippen molar-refractivity contribution < 1.29 is 32.3 Å². The molecule has 16 nitrogen and oxygen atoms in total. The van der Waals surface area contributed by atoms with Gasteiger partial charge < -0.3 is 34.3 Å². The van der Waals surface area contributed by atoms with Crippen molar-refractivity contribution >= 4 is 72.6 Å². The number of H-pyrrole nitrogens is 1. The molecule has 5 aliphatic rings. The molecule has 1 aliphatic carbocycles. The number of benzene rings is 3. The zero-order valence-corrected chi connectivity index (χ0v) is 39.3. The fourth-order valence-corrected chi connectivity index (χ4v) is 11.3. The molecule has 6 heterocycles. The van der Waals surface area contributed by atoms with E-state index >= 15 is 0 Å². The number of ether oxygens (including phenoxy) is 3. The quantitative estimate of drug-likeness (QED) is 0.0895. The van der Waals surface area contributed by atoms with Crippen LogP contribution in [0.5, 0.6) is 11.6 Å². The Balaban J connectivity index is 0.936. The fourth-order valence-electron chi connectivity index (χ4n) is 10.2. The number of aromatic amines is 1. The number of amides is 1. The Hall–Kier alpha value is -5.88. The standard InChI is InChI=1S/C49H55ClN8O8S/c1-49(2)14-10-34(39(28-49)31-4-6-35(50)7-5-31)29-55-17-19-56(20-18-55)36-8-9-38(41(25-36)57-16-3-21-65-48-43(57)24-33-11-15-51-46(33)53-48)47(59)54-67(62,63)37-26-42(58(60)61)45-44(27-37)66-30-40(52-45)32-12-22-64-23-13-32/h4-9,11,15,24-27,32,40,52H,3,10,12-14,16-23,28-30H2,1-2H3,(H,51,53)(H,54,59)/t40-/m0/s1. The lowest BCUT2D eigenvalue weighted by molar-refractivity contribution is -0.384. The molecular formula is C49H55ClN8O8S. The number of piperazine rings is 1. The highest BCUT2D eigenvalue weighted by molar-refractivity contribution is 7.90. The number of carbonyl (C=O) groups excluding carboxylic acids is 1. The second-order valence-corrected chi connectivity index (χ2v) is 21.1. The van der Waals surface area contributed by atoms with Gasteiger partial charge in [-0.2, -0.15) is 4.98 Å². The maximum Gasteiger partial charge on any atom is 0.297 e. The summed E-state index contributed by atoms with van der Waals surface area (Å²) in [6.45, 7) is 10.9. The van der Waals surface area contributed by atoms with Gasteiger partial charge in [-0.3, -0.25) is 19.8 Å². The van der Waals surface area contributed by atoms with E-state index in [0.717, 1.165) is 87.0 Å². The van der Waals surface area contributed by atoms with Crippen LogP contribution >= 0.6 is 11.6 Å². The Kier molecular flexibility index (Phi) is 12.3. The van der Waals surface area contributed by atoms with E-state index in [1.54, 1.807) is 12.3 Å². The highest BCUT2D eigenvalue weighted by Gasteiger charge is 2.36. The van der Waals surface area contributed by atoms with E-state index in [2.05, 4.69) is 50.8 Å². The molecule has 0 radical (unpaired) electrons. The molecule has 10 rings (SSSR count). The molecule has 2 saturated heterocycles. The number of sulfonamides is 1. The number of nitro groups is 1. The zero-order valence-electron chi connectivity index (χ0n) is 37.7. The van der Waals surface area contributed by atoms with Gasteiger partial charge in [0.15, 0.2) is 11.4 Å². The summed E-state index contributed by atoms with van der Waals surface area (Å²) in [5.41, 5.74) is 6.74. The van der Waals surface area contributed by atoms with E-state index in [0.29, 0.717) is 55.7 Å². The molecule has 0 bridgehead atoms. The second-order valence-electron chi connectivity index (χ2n) is 19.0. The van der Waals surface area contributed by atoms with Crippen molar-refractivity contribution in [1.29, 1.82) is 0 Å². The first-order chi connectivity index (χ1) is 32.3. The molecule has 0 spiro atoms. The Morgan fingerprint density at radius 1 is 0.970 bits per heavy atom. The summed E-state index contributed by atoms with van der Waals surface area (Å²) in [5.74, 6) is -0.304. The highest BCUT2D eigenvalue weighted by Crippen LogP contribution is 2.45. The number of carbonyl (C=O) groups is 1. The molecule has 4 aliphatic heterocycles. The fraction of sp³-hybridized carbons (Fsp3) is 0.429. The molecule has 3 N–H and O–H groups in total. The normalized spacial score (nSPS) is 20.3. The van der Waals surface area contributed by atoms with Crippen LogP contribution in [0, 0.1) is 21.4 Å². The largest absolute Gasteiger partial charge is 0.489 e. The van der Waals surface area contributed by atoms with Gasteiger partial charge in [0.25, 0.3) is 21.6 Å². The molecule has 2 fully saturated rings. The maximum atomic E-state index is 14.5. The Bertz CT molecular complexity index is 2860. The minimum Gasteiger partial charge on any atom is -0.489 e. The minimum absolute atomic E-state index is 0.0293. The van der Waals surface area contributed by atoms with Gasteiger partial charge in [-0.05, 0) is 103 Å². The number of nitro benzene ring substituents is 1. The number of allylic oxidation sites excluding steroid dienone is 1. The lowest BCUT2D eigenvalue weighted by atomic mass is 9.72. The van der Waals surface area contributed by atoms with Crippen LogP contribution in [0.25, 0.3) is 16.6 Å². The zero-order chi connectivity index (χ0) is 46.5. The average molecular weight is 952 g/mol. The van der Waals surface area contributed by atoms with E-state index in [1.165, 1.54) is 22.8 Å². The summed E-state index contributed by atoms with van der Waals surface area (Å²) < 4.78 is 48.2. The SMILES string of the molecule is CC1(C)CCC(CN2CCN(c3ccc(C(=O)NS(=O)(=O)c4cc5c(c([N+](=O)[O-])c4)N[C@H](C4CCOCC4)CO5)c(N4CCCOc5nc6[nH]ccc6cc54)c3)CC2)=C(c2ccc(Cl)cc2)C1. The number of anilines is 4. The van der Waals surface area contributed by atoms with Crippen LogP contribution in [0.4, 0.5) is 28.4 Å². The highest BCUT2D eigenvalue weighted by atomic mass is 35.5. The van der Waals surface area contributed by atoms with E-state index in [1.807, 2.05) is 41.3 Å². The maximum absolute atomic E-state index is 14.5. The molecule has 2 aromatic heterocycles. The van der Waals surface area contributed by atoms with Gasteiger partial charge in [0.2, 0.25) is 5.88 Å². The monoisotopic (exact) mass is 950 g/mol. The Morgan fingerprint density at radius 2 is 1.76 bits per heavy atom. The van der Waals surface area contributed by atoms with Gasteiger partial charge >= 0.3 is 0 Å². The second kappa shape index (κ2) is 18.3. The number of nitrogens with zero attached hydrogens (tertiary/aromatic N) is 5. The van der Waals surface area contributed by atoms with Gasteiger partial charge in [0.05, 0.1) is 33.7 Å². The van der Waals surface area contributed by atoms with Crippen LogP contribution in [0.1, 0.15) is 68.3 Å². The molecule has 1 atom stereocenters. The van der Waals surface area contributed by atoms with Crippen LogP contribution in [0.2, 0.25) is 5.02 Å². The van der Waals surface area contributed by atoms with Crippen LogP contribution < -0.4 is 29.3 Å². The van der Waals surface area contributed by atoms with Crippen molar-refractivity contribution in [3.05, 3.63) is 105 Å². The van der Waals surface area contributed by atoms with Crippen molar-refractivity contribution in [2.75, 3.05) is 80.8 Å². The smallest absolute Gasteiger partial charge is 0.297 e. The van der Waals surface area contributed by atoms with Crippen molar-refractivity contribution in [3.8, 4) is 11.6 Å². The molecule has 0 unspecified atom stereocenters. The molecular weight excluding hydrogens is 896 g/mol. The molecule has 3 aromatic carbocycles. The molecule has 18 heteroatoms. The predicted molar refractivity (Wildman–Crippen MR) is 259 cm³/mol. The predicted octanol–water partition coefficient (Wildman–Crippen LogP) is 8.55. The molecule has 67 heavy (non-hydrogen) atoms. The summed E-state index contributed by atoms with van der Waals surface area (Å²) >= 11 is 6.28. The lowest BCUT2D eigenvalue weighted by Gasteiger charge is -2.39. The molecule has 352 valence electrons. The number of pyridine rings is 1. The van der Waals surface area contributed by atoms with Crippen LogP contribution in [0.3, 0.4) is 0 Å². The van der Waals surface area contributed by atoms with Crippen LogP contribution in [-0.2, 0) is 14.8 Å². The van der Waals surface area contributed by atoms with Gasteiger partial charge in [0.1, 0.15) is 17.9 Å². The summed E-state index contributed by atoms with van der Waals surface area (Å²) in [5, 5.41) is 17.3. The lowest BCUT2D eigenvalue weighted by Crippen LogP contribution is -2.47.